The SMILES string of the molecule is Nc1ncc2c(I)cccc2n1. The molecule has 1 aromatic carbocycles. The molecule has 2 aromatic rings. The van der Waals surface area contributed by atoms with Crippen LogP contribution in [0.5, 0.6) is 0 Å². The first-order valence-corrected chi connectivity index (χ1v) is 4.52. The minimum Gasteiger partial charge on any atom is -0.368 e. The predicted octanol–water partition coefficient (Wildman–Crippen LogP) is 1.82. The van der Waals surface area contributed by atoms with Crippen molar-refractivity contribution in [3.63, 3.8) is 0 Å². The van der Waals surface area contributed by atoms with Gasteiger partial charge in [0, 0.05) is 15.2 Å². The number of hydrogen-bond donors (Lipinski definition) is 1. The lowest BCUT2D eigenvalue weighted by Crippen LogP contribution is -1.94. The Bertz CT molecular complexity index is 428. The van der Waals surface area contributed by atoms with Crippen LogP contribution in [0.2, 0.25) is 0 Å². The molecule has 2 rings (SSSR count). The molecule has 1 heterocycles. The normalized spacial score (nSPS) is 10.4. The van der Waals surface area contributed by atoms with Gasteiger partial charge in [-0.3, -0.25) is 0 Å². The smallest absolute Gasteiger partial charge is 0.220 e. The fraction of sp³-hybridized carbons (Fsp3) is 0. The van der Waals surface area contributed by atoms with Crippen molar-refractivity contribution in [2.24, 2.45) is 0 Å². The van der Waals surface area contributed by atoms with Crippen LogP contribution >= 0.6 is 22.6 Å². The van der Waals surface area contributed by atoms with Crippen molar-refractivity contribution in [3.8, 4) is 0 Å². The van der Waals surface area contributed by atoms with E-state index in [1.807, 2.05) is 18.2 Å². The zero-order valence-electron chi connectivity index (χ0n) is 6.16. The van der Waals surface area contributed by atoms with E-state index in [9.17, 15) is 0 Å². The molecule has 0 amide bonds. The summed E-state index contributed by atoms with van der Waals surface area (Å²) in [6.07, 6.45) is 1.75. The second-order valence-electron chi connectivity index (χ2n) is 2.40. The number of rotatable bonds is 0. The molecule has 12 heavy (non-hydrogen) atoms. The van der Waals surface area contributed by atoms with E-state index in [-0.39, 0.29) is 0 Å². The van der Waals surface area contributed by atoms with Gasteiger partial charge in [0.25, 0.3) is 0 Å². The number of anilines is 1. The number of fused-ring (bicyclic) bond motifs is 1. The van der Waals surface area contributed by atoms with E-state index >= 15 is 0 Å². The summed E-state index contributed by atoms with van der Waals surface area (Å²) in [5, 5.41) is 1.05. The maximum absolute atomic E-state index is 5.45. The number of halogens is 1. The summed E-state index contributed by atoms with van der Waals surface area (Å²) < 4.78 is 1.14. The lowest BCUT2D eigenvalue weighted by molar-refractivity contribution is 1.24. The van der Waals surface area contributed by atoms with Crippen molar-refractivity contribution in [2.75, 3.05) is 5.73 Å². The first kappa shape index (κ1) is 7.72. The third kappa shape index (κ3) is 1.22. The van der Waals surface area contributed by atoms with Gasteiger partial charge in [0.1, 0.15) is 0 Å². The van der Waals surface area contributed by atoms with Crippen LogP contribution in [0.4, 0.5) is 5.95 Å². The second-order valence-corrected chi connectivity index (χ2v) is 3.56. The molecule has 0 saturated carbocycles. The Kier molecular flexibility index (Phi) is 1.84. The van der Waals surface area contributed by atoms with Crippen LogP contribution in [0.25, 0.3) is 10.9 Å². The average Bonchev–Trinajstić information content (AvgIpc) is 2.04. The van der Waals surface area contributed by atoms with Crippen molar-refractivity contribution >= 4 is 39.4 Å². The van der Waals surface area contributed by atoms with Crippen LogP contribution < -0.4 is 5.73 Å². The highest BCUT2D eigenvalue weighted by Gasteiger charge is 1.98. The van der Waals surface area contributed by atoms with E-state index in [0.29, 0.717) is 5.95 Å². The molecule has 60 valence electrons. The molecule has 0 saturated heterocycles. The molecule has 0 fully saturated rings. The molecule has 1 aromatic heterocycles. The van der Waals surface area contributed by atoms with Crippen molar-refractivity contribution in [1.82, 2.24) is 9.97 Å². The highest BCUT2D eigenvalue weighted by molar-refractivity contribution is 14.1. The summed E-state index contributed by atoms with van der Waals surface area (Å²) in [7, 11) is 0. The van der Waals surface area contributed by atoms with E-state index in [1.165, 1.54) is 0 Å². The lowest BCUT2D eigenvalue weighted by Gasteiger charge is -1.98. The van der Waals surface area contributed by atoms with Gasteiger partial charge < -0.3 is 5.73 Å². The Morgan fingerprint density at radius 1 is 1.33 bits per heavy atom. The molecular weight excluding hydrogens is 265 g/mol. The van der Waals surface area contributed by atoms with Gasteiger partial charge in [-0.15, -0.1) is 0 Å². The Morgan fingerprint density at radius 3 is 3.00 bits per heavy atom. The van der Waals surface area contributed by atoms with E-state index in [2.05, 4.69) is 32.6 Å². The summed E-state index contributed by atoms with van der Waals surface area (Å²) in [5.74, 6) is 0.324. The van der Waals surface area contributed by atoms with Gasteiger partial charge in [-0.2, -0.15) is 0 Å². The first-order chi connectivity index (χ1) is 5.77. The number of benzene rings is 1. The average molecular weight is 271 g/mol. The summed E-state index contributed by atoms with van der Waals surface area (Å²) in [4.78, 5) is 8.03. The van der Waals surface area contributed by atoms with Gasteiger partial charge >= 0.3 is 0 Å². The zero-order valence-corrected chi connectivity index (χ0v) is 8.32. The third-order valence-corrected chi connectivity index (χ3v) is 2.53. The predicted molar refractivity (Wildman–Crippen MR) is 56.7 cm³/mol. The summed E-state index contributed by atoms with van der Waals surface area (Å²) >= 11 is 2.25. The quantitative estimate of drug-likeness (QED) is 0.743. The highest BCUT2D eigenvalue weighted by atomic mass is 127. The molecule has 3 nitrogen and oxygen atoms in total. The number of hydrogen-bond acceptors (Lipinski definition) is 3. The summed E-state index contributed by atoms with van der Waals surface area (Å²) in [6.45, 7) is 0. The van der Waals surface area contributed by atoms with Crippen molar-refractivity contribution in [2.45, 2.75) is 0 Å². The Morgan fingerprint density at radius 2 is 2.17 bits per heavy atom. The van der Waals surface area contributed by atoms with Gasteiger partial charge in [0.15, 0.2) is 0 Å². The van der Waals surface area contributed by atoms with E-state index in [0.717, 1.165) is 14.5 Å². The number of nitrogen functional groups attached to an aromatic ring is 1. The van der Waals surface area contributed by atoms with Crippen LogP contribution in [-0.2, 0) is 0 Å². The molecule has 0 aliphatic carbocycles. The van der Waals surface area contributed by atoms with Gasteiger partial charge in [-0.1, -0.05) is 6.07 Å². The lowest BCUT2D eigenvalue weighted by atomic mass is 10.2. The Balaban J connectivity index is 2.86. The largest absolute Gasteiger partial charge is 0.368 e. The molecule has 0 spiro atoms. The standard InChI is InChI=1S/C8H6IN3/c9-6-2-1-3-7-5(6)4-11-8(10)12-7/h1-4H,(H2,10,11,12). The van der Waals surface area contributed by atoms with Gasteiger partial charge in [-0.25, -0.2) is 9.97 Å². The van der Waals surface area contributed by atoms with E-state index in [1.54, 1.807) is 6.20 Å². The molecule has 0 aliphatic rings. The van der Waals surface area contributed by atoms with Gasteiger partial charge in [0.2, 0.25) is 5.95 Å². The van der Waals surface area contributed by atoms with Crippen molar-refractivity contribution < 1.29 is 0 Å². The summed E-state index contributed by atoms with van der Waals surface area (Å²) in [6, 6.07) is 5.90. The molecule has 0 aliphatic heterocycles. The molecule has 0 atom stereocenters. The van der Waals surface area contributed by atoms with Crippen LogP contribution in [0, 0.1) is 3.57 Å². The number of nitrogens with two attached hydrogens (primary N) is 1. The zero-order chi connectivity index (χ0) is 8.55. The number of nitrogens with zero attached hydrogens (tertiary/aromatic N) is 2. The second kappa shape index (κ2) is 2.85. The van der Waals surface area contributed by atoms with E-state index < -0.39 is 0 Å². The molecule has 4 heteroatoms. The molecule has 2 N–H and O–H groups in total. The molecular formula is C8H6IN3. The van der Waals surface area contributed by atoms with Crippen LogP contribution in [0.3, 0.4) is 0 Å². The number of aromatic nitrogens is 2. The first-order valence-electron chi connectivity index (χ1n) is 3.44. The van der Waals surface area contributed by atoms with Crippen LogP contribution in [0.1, 0.15) is 0 Å². The minimum atomic E-state index is 0.324. The van der Waals surface area contributed by atoms with Crippen LogP contribution in [0.15, 0.2) is 24.4 Å². The Labute approximate surface area is 83.2 Å². The fourth-order valence-corrected chi connectivity index (χ4v) is 1.66. The third-order valence-electron chi connectivity index (χ3n) is 1.59. The molecule has 0 unspecified atom stereocenters. The summed E-state index contributed by atoms with van der Waals surface area (Å²) in [5.41, 5.74) is 6.35. The minimum absolute atomic E-state index is 0.324. The fourth-order valence-electron chi connectivity index (χ4n) is 1.03. The topological polar surface area (TPSA) is 51.8 Å². The van der Waals surface area contributed by atoms with Crippen molar-refractivity contribution in [3.05, 3.63) is 28.0 Å². The maximum Gasteiger partial charge on any atom is 0.220 e. The van der Waals surface area contributed by atoms with Crippen LogP contribution in [-0.4, -0.2) is 9.97 Å². The van der Waals surface area contributed by atoms with Crippen molar-refractivity contribution in [1.29, 1.82) is 0 Å². The highest BCUT2D eigenvalue weighted by Crippen LogP contribution is 2.17. The molecule has 0 radical (unpaired) electrons. The van der Waals surface area contributed by atoms with Gasteiger partial charge in [0.05, 0.1) is 5.52 Å². The Hall–Kier alpha value is -0.910. The van der Waals surface area contributed by atoms with E-state index in [4.69, 9.17) is 5.73 Å². The maximum atomic E-state index is 5.45. The van der Waals surface area contributed by atoms with Gasteiger partial charge in [-0.05, 0) is 34.7 Å². The molecule has 0 bridgehead atoms. The monoisotopic (exact) mass is 271 g/mol.